The monoisotopic (exact) mass is 299 g/mol. The Balaban J connectivity index is 2.68. The summed E-state index contributed by atoms with van der Waals surface area (Å²) in [6.07, 6.45) is 1.48. The molecular weight excluding hydrogens is 278 g/mol. The van der Waals surface area contributed by atoms with Crippen LogP contribution in [0.2, 0.25) is 0 Å². The van der Waals surface area contributed by atoms with E-state index in [0.717, 1.165) is 17.0 Å². The molecule has 0 saturated heterocycles. The van der Waals surface area contributed by atoms with E-state index in [1.54, 1.807) is 6.92 Å². The number of carboxylic acids is 1. The highest BCUT2D eigenvalue weighted by molar-refractivity contribution is 7.15. The van der Waals surface area contributed by atoms with Crippen LogP contribution in [0.3, 0.4) is 0 Å². The zero-order valence-corrected chi connectivity index (χ0v) is 13.0. The molecule has 2 amide bonds. The van der Waals surface area contributed by atoms with Crippen molar-refractivity contribution >= 4 is 28.5 Å². The Hall–Kier alpha value is -1.63. The van der Waals surface area contributed by atoms with Crippen LogP contribution >= 0.6 is 11.3 Å². The zero-order valence-electron chi connectivity index (χ0n) is 12.2. The lowest BCUT2D eigenvalue weighted by atomic mass is 10.00. The number of nitrogens with one attached hydrogen (secondary N) is 2. The summed E-state index contributed by atoms with van der Waals surface area (Å²) in [4.78, 5) is 28.3. The summed E-state index contributed by atoms with van der Waals surface area (Å²) >= 11 is 1.39. The number of amides is 2. The number of carbonyl (C=O) groups excluding carboxylic acids is 1. The third-order valence-corrected chi connectivity index (χ3v) is 4.14. The van der Waals surface area contributed by atoms with Crippen molar-refractivity contribution in [3.05, 3.63) is 10.6 Å². The van der Waals surface area contributed by atoms with E-state index in [1.807, 2.05) is 20.8 Å². The molecule has 0 aliphatic heterocycles. The van der Waals surface area contributed by atoms with E-state index in [4.69, 9.17) is 5.11 Å². The van der Waals surface area contributed by atoms with E-state index in [9.17, 15) is 9.59 Å². The van der Waals surface area contributed by atoms with Crippen LogP contribution in [0.25, 0.3) is 0 Å². The molecule has 3 N–H and O–H groups in total. The highest BCUT2D eigenvalue weighted by Gasteiger charge is 2.25. The average molecular weight is 299 g/mol. The summed E-state index contributed by atoms with van der Waals surface area (Å²) < 4.78 is 0. The smallest absolute Gasteiger partial charge is 0.326 e. The van der Waals surface area contributed by atoms with Crippen LogP contribution in [0, 0.1) is 12.8 Å². The largest absolute Gasteiger partial charge is 0.480 e. The van der Waals surface area contributed by atoms with Crippen LogP contribution < -0.4 is 10.6 Å². The van der Waals surface area contributed by atoms with Crippen molar-refractivity contribution < 1.29 is 14.7 Å². The number of carbonyl (C=O) groups is 2. The van der Waals surface area contributed by atoms with Gasteiger partial charge < -0.3 is 10.4 Å². The lowest BCUT2D eigenvalue weighted by Crippen LogP contribution is -2.46. The van der Waals surface area contributed by atoms with Crippen molar-refractivity contribution in [2.75, 3.05) is 5.32 Å². The molecule has 6 nitrogen and oxygen atoms in total. The molecule has 2 unspecified atom stereocenters. The number of anilines is 1. The van der Waals surface area contributed by atoms with Crippen molar-refractivity contribution in [1.29, 1.82) is 0 Å². The standard InChI is InChI=1S/C13H21N3O3S/c1-5-7(3)10(11(17)18)15-12(19)16-13-14-9(6-2)8(4)20-13/h7,10H,5-6H2,1-4H3,(H,17,18)(H2,14,15,16,19). The van der Waals surface area contributed by atoms with E-state index in [2.05, 4.69) is 15.6 Å². The number of hydrogen-bond acceptors (Lipinski definition) is 4. The number of hydrogen-bond donors (Lipinski definition) is 3. The Bertz CT molecular complexity index is 487. The third kappa shape index (κ3) is 4.19. The highest BCUT2D eigenvalue weighted by atomic mass is 32.1. The first kappa shape index (κ1) is 16.4. The van der Waals surface area contributed by atoms with Gasteiger partial charge in [-0.25, -0.2) is 14.6 Å². The van der Waals surface area contributed by atoms with Crippen molar-refractivity contribution in [2.45, 2.75) is 46.6 Å². The molecule has 1 heterocycles. The molecule has 1 rings (SSSR count). The Morgan fingerprint density at radius 3 is 2.50 bits per heavy atom. The molecule has 0 bridgehead atoms. The fourth-order valence-electron chi connectivity index (χ4n) is 1.77. The number of aryl methyl sites for hydroxylation is 2. The maximum Gasteiger partial charge on any atom is 0.326 e. The molecule has 2 atom stereocenters. The van der Waals surface area contributed by atoms with Gasteiger partial charge in [0.1, 0.15) is 6.04 Å². The van der Waals surface area contributed by atoms with Gasteiger partial charge >= 0.3 is 12.0 Å². The molecule has 0 aliphatic rings. The third-order valence-electron chi connectivity index (χ3n) is 3.21. The molecule has 1 aromatic rings. The molecule has 0 radical (unpaired) electrons. The maximum absolute atomic E-state index is 11.8. The molecule has 0 saturated carbocycles. The van der Waals surface area contributed by atoms with Crippen LogP contribution in [0.1, 0.15) is 37.8 Å². The van der Waals surface area contributed by atoms with Gasteiger partial charge in [-0.3, -0.25) is 5.32 Å². The molecule has 0 aliphatic carbocycles. The van der Waals surface area contributed by atoms with Gasteiger partial charge in [-0.05, 0) is 19.3 Å². The SMILES string of the molecule is CCc1nc(NC(=O)NC(C(=O)O)C(C)CC)sc1C. The van der Waals surface area contributed by atoms with Crippen LogP contribution in [-0.2, 0) is 11.2 Å². The van der Waals surface area contributed by atoms with Gasteiger partial charge in [0.15, 0.2) is 5.13 Å². The lowest BCUT2D eigenvalue weighted by Gasteiger charge is -2.19. The van der Waals surface area contributed by atoms with Crippen molar-refractivity contribution in [3.8, 4) is 0 Å². The molecule has 0 fully saturated rings. The van der Waals surface area contributed by atoms with E-state index in [1.165, 1.54) is 11.3 Å². The summed E-state index contributed by atoms with van der Waals surface area (Å²) in [5.74, 6) is -1.17. The molecule has 1 aromatic heterocycles. The topological polar surface area (TPSA) is 91.3 Å². The second-order valence-corrected chi connectivity index (χ2v) is 5.88. The van der Waals surface area contributed by atoms with Gasteiger partial charge in [-0.15, -0.1) is 11.3 Å². The van der Waals surface area contributed by atoms with E-state index in [0.29, 0.717) is 11.6 Å². The predicted octanol–water partition coefficient (Wildman–Crippen LogP) is 2.63. The van der Waals surface area contributed by atoms with E-state index < -0.39 is 18.0 Å². The number of aromatic nitrogens is 1. The van der Waals surface area contributed by atoms with Gasteiger partial charge in [0, 0.05) is 4.88 Å². The van der Waals surface area contributed by atoms with Crippen LogP contribution in [0.4, 0.5) is 9.93 Å². The quantitative estimate of drug-likeness (QED) is 0.753. The minimum absolute atomic E-state index is 0.137. The average Bonchev–Trinajstić information content (AvgIpc) is 2.74. The minimum atomic E-state index is -1.03. The Morgan fingerprint density at radius 2 is 2.05 bits per heavy atom. The molecule has 0 aromatic carbocycles. The predicted molar refractivity (Wildman–Crippen MR) is 79.3 cm³/mol. The fraction of sp³-hybridized carbons (Fsp3) is 0.615. The first-order valence-corrected chi connectivity index (χ1v) is 7.47. The summed E-state index contributed by atoms with van der Waals surface area (Å²) in [5, 5.41) is 14.7. The second-order valence-electron chi connectivity index (χ2n) is 4.68. The molecule has 0 spiro atoms. The number of aliphatic carboxylic acids is 1. The van der Waals surface area contributed by atoms with Gasteiger partial charge in [-0.1, -0.05) is 27.2 Å². The highest BCUT2D eigenvalue weighted by Crippen LogP contribution is 2.22. The van der Waals surface area contributed by atoms with Crippen molar-refractivity contribution in [1.82, 2.24) is 10.3 Å². The molecule has 7 heteroatoms. The Labute approximate surface area is 122 Å². The van der Waals surface area contributed by atoms with Crippen LogP contribution in [0.5, 0.6) is 0 Å². The summed E-state index contributed by atoms with van der Waals surface area (Å²) in [6, 6.07) is -1.43. The summed E-state index contributed by atoms with van der Waals surface area (Å²) in [7, 11) is 0. The molecular formula is C13H21N3O3S. The number of nitrogens with zero attached hydrogens (tertiary/aromatic N) is 1. The van der Waals surface area contributed by atoms with E-state index >= 15 is 0 Å². The summed E-state index contributed by atoms with van der Waals surface area (Å²) in [6.45, 7) is 7.62. The van der Waals surface area contributed by atoms with Crippen molar-refractivity contribution in [3.63, 3.8) is 0 Å². The van der Waals surface area contributed by atoms with Gasteiger partial charge in [0.25, 0.3) is 0 Å². The maximum atomic E-state index is 11.8. The fourth-order valence-corrected chi connectivity index (χ4v) is 2.66. The number of urea groups is 1. The lowest BCUT2D eigenvalue weighted by molar-refractivity contribution is -0.140. The van der Waals surface area contributed by atoms with Crippen LogP contribution in [-0.4, -0.2) is 28.1 Å². The molecule has 20 heavy (non-hydrogen) atoms. The Morgan fingerprint density at radius 1 is 1.40 bits per heavy atom. The Kier molecular flexibility index (Phi) is 5.94. The minimum Gasteiger partial charge on any atom is -0.480 e. The van der Waals surface area contributed by atoms with Crippen molar-refractivity contribution in [2.24, 2.45) is 5.92 Å². The first-order chi connectivity index (χ1) is 9.38. The van der Waals surface area contributed by atoms with E-state index in [-0.39, 0.29) is 5.92 Å². The van der Waals surface area contributed by atoms with Gasteiger partial charge in [-0.2, -0.15) is 0 Å². The number of carboxylic acid groups (broad SMARTS) is 1. The second kappa shape index (κ2) is 7.23. The van der Waals surface area contributed by atoms with Gasteiger partial charge in [0.2, 0.25) is 0 Å². The normalized spacial score (nSPS) is 13.6. The molecule has 112 valence electrons. The van der Waals surface area contributed by atoms with Crippen LogP contribution in [0.15, 0.2) is 0 Å². The van der Waals surface area contributed by atoms with Gasteiger partial charge in [0.05, 0.1) is 5.69 Å². The number of rotatable bonds is 6. The zero-order chi connectivity index (χ0) is 15.3. The number of thiazole rings is 1. The summed E-state index contributed by atoms with van der Waals surface area (Å²) in [5.41, 5.74) is 0.946. The first-order valence-electron chi connectivity index (χ1n) is 6.65.